The molecule has 0 atom stereocenters. The second-order valence-electron chi connectivity index (χ2n) is 0.408. The molecule has 0 aliphatic rings. The SMILES string of the molecule is O=S(=O)([O-])[O-].[B+3].[Fe+2]. The van der Waals surface area contributed by atoms with Gasteiger partial charge in [0.05, 0.1) is 0 Å². The van der Waals surface area contributed by atoms with Crippen LogP contribution < -0.4 is 0 Å². The minimum atomic E-state index is -5.17. The van der Waals surface area contributed by atoms with Crippen molar-refractivity contribution >= 4 is 18.8 Å². The summed E-state index contributed by atoms with van der Waals surface area (Å²) in [6.07, 6.45) is 0. The average molecular weight is 163 g/mol. The summed E-state index contributed by atoms with van der Waals surface area (Å²) in [6.45, 7) is 0. The Morgan fingerprint density at radius 1 is 1.14 bits per heavy atom. The molecule has 0 aliphatic carbocycles. The number of hydrogen-bond acceptors (Lipinski definition) is 4. The predicted octanol–water partition coefficient (Wildman–Crippen LogP) is -1.72. The Morgan fingerprint density at radius 3 is 1.14 bits per heavy atom. The fourth-order valence-electron chi connectivity index (χ4n) is 0. The van der Waals surface area contributed by atoms with E-state index in [0.29, 0.717) is 0 Å². The van der Waals surface area contributed by atoms with E-state index in [9.17, 15) is 0 Å². The molecule has 0 aliphatic heterocycles. The molecule has 0 saturated carbocycles. The van der Waals surface area contributed by atoms with E-state index < -0.39 is 10.4 Å². The monoisotopic (exact) mass is 163 g/mol. The second-order valence-corrected chi connectivity index (χ2v) is 1.22. The van der Waals surface area contributed by atoms with E-state index in [1.165, 1.54) is 0 Å². The largest absolute Gasteiger partial charge is 3.00 e. The van der Waals surface area contributed by atoms with Crippen LogP contribution in [0.25, 0.3) is 0 Å². The zero-order valence-corrected chi connectivity index (χ0v) is 4.89. The summed E-state index contributed by atoms with van der Waals surface area (Å²) in [6, 6.07) is 0. The normalized spacial score (nSPS) is 8.29. The van der Waals surface area contributed by atoms with Gasteiger partial charge in [-0.3, -0.25) is 8.42 Å². The van der Waals surface area contributed by atoms with E-state index in [0.717, 1.165) is 0 Å². The van der Waals surface area contributed by atoms with Crippen LogP contribution in [0.2, 0.25) is 0 Å². The van der Waals surface area contributed by atoms with Gasteiger partial charge in [-0.2, -0.15) is 0 Å². The third-order valence-corrected chi connectivity index (χ3v) is 0. The molecule has 0 saturated heterocycles. The van der Waals surface area contributed by atoms with E-state index in [4.69, 9.17) is 17.5 Å². The maximum absolute atomic E-state index is 8.52. The van der Waals surface area contributed by atoms with Crippen molar-refractivity contribution in [3.05, 3.63) is 0 Å². The Labute approximate surface area is 53.9 Å². The van der Waals surface area contributed by atoms with Crippen LogP contribution >= 0.6 is 0 Å². The van der Waals surface area contributed by atoms with Crippen LogP contribution in [0.15, 0.2) is 0 Å². The summed E-state index contributed by atoms with van der Waals surface area (Å²) in [7, 11) is -5.17. The van der Waals surface area contributed by atoms with Gasteiger partial charge in [0.1, 0.15) is 0 Å². The van der Waals surface area contributed by atoms with Gasteiger partial charge in [0.15, 0.2) is 0 Å². The second kappa shape index (κ2) is 4.61. The van der Waals surface area contributed by atoms with Gasteiger partial charge in [0.2, 0.25) is 0 Å². The van der Waals surface area contributed by atoms with Crippen molar-refractivity contribution in [1.29, 1.82) is 0 Å². The molecule has 0 bridgehead atoms. The third-order valence-electron chi connectivity index (χ3n) is 0. The Balaban J connectivity index is -0.0000000800. The average Bonchev–Trinajstić information content (AvgIpc) is 0.722. The Hall–Kier alpha value is 0.454. The van der Waals surface area contributed by atoms with Crippen LogP contribution in [0.3, 0.4) is 0 Å². The molecule has 0 aromatic heterocycles. The molecular formula is BFeO4S+3. The van der Waals surface area contributed by atoms with E-state index in [2.05, 4.69) is 0 Å². The maximum atomic E-state index is 8.52. The summed E-state index contributed by atoms with van der Waals surface area (Å²) in [5.74, 6) is 0. The molecule has 7 heavy (non-hydrogen) atoms. The maximum Gasteiger partial charge on any atom is 3.00 e. The summed E-state index contributed by atoms with van der Waals surface area (Å²) in [4.78, 5) is 0. The van der Waals surface area contributed by atoms with Crippen LogP contribution in [0, 0.1) is 0 Å². The van der Waals surface area contributed by atoms with Gasteiger partial charge in [-0.25, -0.2) is 0 Å². The van der Waals surface area contributed by atoms with Crippen LogP contribution in [-0.2, 0) is 27.5 Å². The Bertz CT molecular complexity index is 94.9. The fraction of sp³-hybridized carbons (Fsp3) is 0. The quantitative estimate of drug-likeness (QED) is 0.241. The van der Waals surface area contributed by atoms with Crippen molar-refractivity contribution in [2.24, 2.45) is 0 Å². The molecule has 0 fully saturated rings. The van der Waals surface area contributed by atoms with Crippen LogP contribution in [0.1, 0.15) is 0 Å². The van der Waals surface area contributed by atoms with Crippen molar-refractivity contribution in [3.8, 4) is 0 Å². The fourth-order valence-corrected chi connectivity index (χ4v) is 0. The van der Waals surface area contributed by atoms with Gasteiger partial charge >= 0.3 is 25.5 Å². The van der Waals surface area contributed by atoms with Gasteiger partial charge in [-0.1, -0.05) is 0 Å². The van der Waals surface area contributed by atoms with Gasteiger partial charge in [0.25, 0.3) is 0 Å². The molecule has 0 aromatic rings. The molecule has 0 rings (SSSR count). The van der Waals surface area contributed by atoms with Gasteiger partial charge in [-0.05, 0) is 0 Å². The molecule has 0 N–H and O–H groups in total. The first-order valence-electron chi connectivity index (χ1n) is 0.667. The van der Waals surface area contributed by atoms with E-state index in [-0.39, 0.29) is 25.5 Å². The molecule has 0 unspecified atom stereocenters. The smallest absolute Gasteiger partial charge is 0.759 e. The molecule has 0 heterocycles. The standard InChI is InChI=1S/B.Fe.H2O4S/c;;1-5(2,3)4/h;;(H2,1,2,3,4)/q+3;+2;/p-2. The number of hydrogen-bond donors (Lipinski definition) is 0. The first-order chi connectivity index (χ1) is 2.00. The molecule has 4 nitrogen and oxygen atoms in total. The Kier molecular flexibility index (Phi) is 10.3. The Morgan fingerprint density at radius 2 is 1.14 bits per heavy atom. The minimum absolute atomic E-state index is 0. The van der Waals surface area contributed by atoms with E-state index in [1.807, 2.05) is 0 Å². The van der Waals surface area contributed by atoms with Crippen molar-refractivity contribution in [2.45, 2.75) is 0 Å². The first kappa shape index (κ1) is 15.7. The molecule has 7 heteroatoms. The molecule has 0 amide bonds. The first-order valence-corrected chi connectivity index (χ1v) is 2.00. The summed E-state index contributed by atoms with van der Waals surface area (Å²) < 4.78 is 34.1. The summed E-state index contributed by atoms with van der Waals surface area (Å²) >= 11 is 0. The summed E-state index contributed by atoms with van der Waals surface area (Å²) in [5, 5.41) is 0. The molecule has 0 radical (unpaired) electrons. The zero-order valence-electron chi connectivity index (χ0n) is 2.97. The van der Waals surface area contributed by atoms with Crippen LogP contribution in [0.5, 0.6) is 0 Å². The van der Waals surface area contributed by atoms with Crippen molar-refractivity contribution in [3.63, 3.8) is 0 Å². The van der Waals surface area contributed by atoms with Crippen LogP contribution in [0.4, 0.5) is 0 Å². The molecule has 38 valence electrons. The molecule has 0 aromatic carbocycles. The minimum Gasteiger partial charge on any atom is -0.759 e. The zero-order chi connectivity index (χ0) is 4.50. The van der Waals surface area contributed by atoms with E-state index in [1.54, 1.807) is 0 Å². The predicted molar refractivity (Wildman–Crippen MR) is 16.2 cm³/mol. The topological polar surface area (TPSA) is 80.3 Å². The van der Waals surface area contributed by atoms with Gasteiger partial charge in [0, 0.05) is 10.4 Å². The van der Waals surface area contributed by atoms with Crippen molar-refractivity contribution < 1.29 is 34.6 Å². The van der Waals surface area contributed by atoms with Crippen molar-refractivity contribution in [1.82, 2.24) is 0 Å². The van der Waals surface area contributed by atoms with E-state index >= 15 is 0 Å². The van der Waals surface area contributed by atoms with Gasteiger partial charge < -0.3 is 9.11 Å². The molecule has 0 spiro atoms. The van der Waals surface area contributed by atoms with Crippen LogP contribution in [-0.4, -0.2) is 25.9 Å². The molecular weight excluding hydrogens is 163 g/mol. The number of rotatable bonds is 0. The van der Waals surface area contributed by atoms with Gasteiger partial charge in [-0.15, -0.1) is 0 Å². The van der Waals surface area contributed by atoms with Crippen molar-refractivity contribution in [2.75, 3.05) is 0 Å². The summed E-state index contributed by atoms with van der Waals surface area (Å²) in [5.41, 5.74) is 0. The third kappa shape index (κ3) is 620.